The molecule has 0 nitrogen and oxygen atoms in total. The zero-order chi connectivity index (χ0) is 51.1. The van der Waals surface area contributed by atoms with Gasteiger partial charge in [-0.05, 0) is 111 Å². The van der Waals surface area contributed by atoms with Crippen LogP contribution in [0, 0.1) is 24.7 Å². The van der Waals surface area contributed by atoms with Crippen LogP contribution in [-0.4, -0.2) is 16.1 Å². The normalized spacial score (nSPS) is 14.8. The van der Waals surface area contributed by atoms with Crippen LogP contribution in [0.5, 0.6) is 0 Å². The average Bonchev–Trinajstić information content (AvgIpc) is 3.88. The van der Waals surface area contributed by atoms with Gasteiger partial charge in [0.2, 0.25) is 0 Å². The maximum absolute atomic E-state index is 7.45. The van der Waals surface area contributed by atoms with E-state index in [9.17, 15) is 0 Å². The predicted molar refractivity (Wildman–Crippen MR) is 327 cm³/mol. The molecule has 0 amide bonds. The van der Waals surface area contributed by atoms with Crippen LogP contribution in [0.15, 0.2) is 218 Å². The van der Waals surface area contributed by atoms with Crippen LogP contribution in [0.4, 0.5) is 0 Å². The molecule has 0 fully saturated rings. The quantitative estimate of drug-likeness (QED) is 0.0674. The van der Waals surface area contributed by atoms with Gasteiger partial charge in [0.25, 0.3) is 0 Å². The summed E-state index contributed by atoms with van der Waals surface area (Å²) in [6.07, 6.45) is 16.1. The summed E-state index contributed by atoms with van der Waals surface area (Å²) in [5.74, 6) is 5.16. The summed E-state index contributed by atoms with van der Waals surface area (Å²) in [6.45, 7) is 19.3. The summed E-state index contributed by atoms with van der Waals surface area (Å²) < 4.78 is 0. The molecule has 0 aromatic heterocycles. The Morgan fingerprint density at radius 2 is 0.653 bits per heavy atom. The SMILES string of the molecule is CC1(C)CC(C)(C)c2cc([PH+](c3ccccc3)c3ccccc3)c([PH+](c3ccccc3)c3ccccc3)cc21.[Au+].[Au+].[C-]#Cc1cccc2c1-c1ccccc1[Si]2(C)C.[C-]#Cc1cccc2c1-c1ccccc1[Si]2(C)C. The summed E-state index contributed by atoms with van der Waals surface area (Å²) >= 11 is 0. The first-order chi connectivity index (χ1) is 35.2. The van der Waals surface area contributed by atoms with E-state index in [0.717, 1.165) is 11.1 Å². The van der Waals surface area contributed by atoms with E-state index in [1.54, 1.807) is 21.7 Å². The minimum absolute atomic E-state index is 0. The van der Waals surface area contributed by atoms with Gasteiger partial charge in [0.15, 0.2) is 0 Å². The van der Waals surface area contributed by atoms with E-state index in [4.69, 9.17) is 12.8 Å². The largest absolute Gasteiger partial charge is 1.00 e. The molecule has 12 rings (SSSR count). The van der Waals surface area contributed by atoms with Gasteiger partial charge >= 0.3 is 44.8 Å². The van der Waals surface area contributed by atoms with Crippen molar-refractivity contribution in [2.75, 3.05) is 0 Å². The van der Waals surface area contributed by atoms with Gasteiger partial charge in [-0.1, -0.05) is 221 Å². The molecular formula is C69H64Au2P2Si2+2. The molecule has 0 unspecified atom stereocenters. The first kappa shape index (κ1) is 56.1. The van der Waals surface area contributed by atoms with Crippen molar-refractivity contribution < 1.29 is 44.8 Å². The third kappa shape index (κ3) is 10.5. The van der Waals surface area contributed by atoms with E-state index in [0.29, 0.717) is 0 Å². The first-order valence-corrected chi connectivity index (χ1v) is 34.6. The van der Waals surface area contributed by atoms with E-state index >= 15 is 0 Å². The molecule has 0 bridgehead atoms. The molecule has 9 aromatic rings. The van der Waals surface area contributed by atoms with Crippen LogP contribution in [0.3, 0.4) is 0 Å². The van der Waals surface area contributed by atoms with Gasteiger partial charge in [-0.15, -0.1) is 23.3 Å². The molecule has 0 radical (unpaired) electrons. The fourth-order valence-electron chi connectivity index (χ4n) is 12.5. The number of hydrogen-bond acceptors (Lipinski definition) is 0. The van der Waals surface area contributed by atoms with Gasteiger partial charge in [-0.2, -0.15) is 0 Å². The van der Waals surface area contributed by atoms with Crippen LogP contribution in [0.25, 0.3) is 22.3 Å². The molecule has 0 saturated carbocycles. The fourth-order valence-corrected chi connectivity index (χ4v) is 24.7. The second-order valence-electron chi connectivity index (χ2n) is 22.1. The van der Waals surface area contributed by atoms with Crippen molar-refractivity contribution in [2.45, 2.75) is 71.1 Å². The molecular weight excluding hydrogens is 1340 g/mol. The van der Waals surface area contributed by atoms with Crippen molar-refractivity contribution in [2.24, 2.45) is 0 Å². The van der Waals surface area contributed by atoms with Crippen LogP contribution in [0.1, 0.15) is 56.4 Å². The van der Waals surface area contributed by atoms with E-state index in [-0.39, 0.29) is 55.6 Å². The van der Waals surface area contributed by atoms with Gasteiger partial charge in [0, 0.05) is 0 Å². The number of fused-ring (bicyclic) bond motifs is 7. The van der Waals surface area contributed by atoms with E-state index in [1.165, 1.54) is 70.6 Å². The Morgan fingerprint density at radius 3 is 0.960 bits per heavy atom. The second kappa shape index (κ2) is 22.8. The Morgan fingerprint density at radius 1 is 0.373 bits per heavy atom. The predicted octanol–water partition coefficient (Wildman–Crippen LogP) is 11.5. The number of benzene rings is 9. The molecule has 2 heterocycles. The zero-order valence-corrected chi connectivity index (χ0v) is 52.4. The Hall–Kier alpha value is -5.13. The molecule has 3 aliphatic rings. The van der Waals surface area contributed by atoms with Crippen LogP contribution < -0.4 is 52.6 Å². The number of hydrogen-bond donors (Lipinski definition) is 0. The van der Waals surface area contributed by atoms with Gasteiger partial charge in [-0.3, -0.25) is 11.8 Å². The summed E-state index contributed by atoms with van der Waals surface area (Å²) in [5, 5.41) is 14.8. The van der Waals surface area contributed by atoms with Crippen molar-refractivity contribution >= 4 is 84.6 Å². The van der Waals surface area contributed by atoms with Gasteiger partial charge in [0.1, 0.15) is 63.8 Å². The topological polar surface area (TPSA) is 0 Å². The summed E-state index contributed by atoms with van der Waals surface area (Å²) in [6, 6.07) is 80.2. The van der Waals surface area contributed by atoms with Gasteiger partial charge < -0.3 is 12.8 Å². The van der Waals surface area contributed by atoms with Crippen molar-refractivity contribution in [3.63, 3.8) is 0 Å². The smallest absolute Gasteiger partial charge is 0.366 e. The van der Waals surface area contributed by atoms with Crippen molar-refractivity contribution in [1.29, 1.82) is 0 Å². The second-order valence-corrected chi connectivity index (χ2v) is 35.7. The molecule has 75 heavy (non-hydrogen) atoms. The molecule has 378 valence electrons. The fraction of sp³-hybridized carbons (Fsp3) is 0.159. The standard InChI is InChI=1S/C37H36P2.2C16H13Si.2Au/c1-36(2)27-37(3,4)33-26-35(39(30-21-13-7-14-22-30)31-23-15-8-16-24-31)34(25-32(33)36)38(28-17-9-5-10-18-28)29-19-11-6-12-20-29;2*1-4-12-8-7-11-15-16(12)13-9-5-6-10-14(13)17(15,2)3;;/h5-26H,27H2,1-4H3;2*5-11H,2-3H3;;/q;2*-1;2*+1/p+2. The van der Waals surface area contributed by atoms with Crippen LogP contribution >= 0.6 is 15.8 Å². The van der Waals surface area contributed by atoms with Gasteiger partial charge in [0.05, 0.1) is 0 Å². The Labute approximate surface area is 483 Å². The maximum atomic E-state index is 7.45. The molecule has 0 atom stereocenters. The maximum Gasteiger partial charge on any atom is 1.00 e. The van der Waals surface area contributed by atoms with Gasteiger partial charge in [-0.25, -0.2) is 0 Å². The van der Waals surface area contributed by atoms with E-state index in [1.807, 2.05) is 12.1 Å². The van der Waals surface area contributed by atoms with Crippen molar-refractivity contribution in [1.82, 2.24) is 0 Å². The van der Waals surface area contributed by atoms with Crippen LogP contribution in [0.2, 0.25) is 26.2 Å². The minimum Gasteiger partial charge on any atom is -0.366 e. The molecule has 0 spiro atoms. The molecule has 9 aromatic carbocycles. The van der Waals surface area contributed by atoms with E-state index < -0.39 is 32.0 Å². The minimum atomic E-state index is -1.55. The molecule has 1 aliphatic carbocycles. The third-order valence-corrected chi connectivity index (χ3v) is 28.7. The molecule has 2 aliphatic heterocycles. The number of rotatable bonds is 6. The van der Waals surface area contributed by atoms with Crippen molar-refractivity contribution in [3.05, 3.63) is 253 Å². The summed E-state index contributed by atoms with van der Waals surface area (Å²) in [5.41, 5.74) is 10.4. The monoisotopic (exact) mass is 1400 g/mol. The van der Waals surface area contributed by atoms with Crippen LogP contribution in [-0.2, 0) is 55.6 Å². The summed E-state index contributed by atoms with van der Waals surface area (Å²) in [4.78, 5) is 0. The molecule has 0 saturated heterocycles. The molecule has 6 heteroatoms. The Kier molecular flexibility index (Phi) is 17.1. The van der Waals surface area contributed by atoms with E-state index in [2.05, 4.69) is 272 Å². The zero-order valence-electron chi connectivity index (χ0n) is 44.1. The van der Waals surface area contributed by atoms with Crippen molar-refractivity contribution in [3.8, 4) is 34.1 Å². The Bertz CT molecular complexity index is 3260. The Balaban J connectivity index is 0.000000171. The first-order valence-electron chi connectivity index (χ1n) is 25.6. The summed E-state index contributed by atoms with van der Waals surface area (Å²) in [7, 11) is -5.60. The average molecular weight is 1410 g/mol. The molecule has 0 N–H and O–H groups in total. The third-order valence-electron chi connectivity index (χ3n) is 15.8.